The third-order valence-electron chi connectivity index (χ3n) is 10.6. The summed E-state index contributed by atoms with van der Waals surface area (Å²) in [7, 11) is 16.7. The minimum absolute atomic E-state index is 0.0752. The van der Waals surface area contributed by atoms with Crippen molar-refractivity contribution in [2.24, 2.45) is 5.92 Å². The third-order valence-corrected chi connectivity index (χ3v) is 11.5. The second-order valence-electron chi connectivity index (χ2n) is 13.9. The fourth-order valence-electron chi connectivity index (χ4n) is 8.21. The van der Waals surface area contributed by atoms with Gasteiger partial charge in [-0.15, -0.1) is 9.24 Å². The van der Waals surface area contributed by atoms with Gasteiger partial charge in [0.15, 0.2) is 7.85 Å². The quantitative estimate of drug-likeness (QED) is 0.200. The molecule has 50 heavy (non-hydrogen) atoms. The average molecular weight is 714 g/mol. The molecule has 3 aliphatic heterocycles. The highest BCUT2D eigenvalue weighted by molar-refractivity contribution is 7.28. The Morgan fingerprint density at radius 1 is 1.24 bits per heavy atom. The number of halogens is 2. The number of pyridine rings is 2. The minimum Gasteiger partial charge on any atom is -0.475 e. The lowest BCUT2D eigenvalue weighted by atomic mass is 9.81. The molecule has 16 heteroatoms. The summed E-state index contributed by atoms with van der Waals surface area (Å²) in [6, 6.07) is 5.27. The van der Waals surface area contributed by atoms with Crippen molar-refractivity contribution >= 4 is 68.0 Å². The van der Waals surface area contributed by atoms with Gasteiger partial charge in [-0.25, -0.2) is 18.7 Å². The topological polar surface area (TPSA) is 106 Å². The summed E-state index contributed by atoms with van der Waals surface area (Å²) in [4.78, 5) is 23.8. The number of hydrogen-bond donors (Lipinski definition) is 1. The van der Waals surface area contributed by atoms with Gasteiger partial charge in [0.2, 0.25) is 19.7 Å². The van der Waals surface area contributed by atoms with E-state index in [0.29, 0.717) is 63.7 Å². The van der Waals surface area contributed by atoms with Crippen LogP contribution in [0.5, 0.6) is 11.9 Å². The van der Waals surface area contributed by atoms with Crippen LogP contribution >= 0.6 is 18.6 Å². The van der Waals surface area contributed by atoms with Gasteiger partial charge in [-0.1, -0.05) is 22.4 Å². The van der Waals surface area contributed by atoms with Gasteiger partial charge < -0.3 is 24.7 Å². The molecule has 258 valence electrons. The van der Waals surface area contributed by atoms with Crippen molar-refractivity contribution in [2.75, 3.05) is 48.1 Å². The smallest absolute Gasteiger partial charge is 0.319 e. The number of ether oxygens (including phenoxy) is 2. The number of benzene rings is 1. The number of fused-ring (bicyclic) bond motifs is 1. The highest BCUT2D eigenvalue weighted by atomic mass is 31.0. The van der Waals surface area contributed by atoms with Crippen LogP contribution in [0.25, 0.3) is 22.2 Å². The van der Waals surface area contributed by atoms with Crippen LogP contribution in [0.15, 0.2) is 24.4 Å². The Balaban J connectivity index is 1.45. The maximum atomic E-state index is 15.3. The summed E-state index contributed by atoms with van der Waals surface area (Å²) in [5.74, 6) is -1.95. The van der Waals surface area contributed by atoms with Crippen molar-refractivity contribution in [3.63, 3.8) is 0 Å². The van der Waals surface area contributed by atoms with Crippen molar-refractivity contribution in [1.29, 1.82) is 0 Å². The lowest BCUT2D eigenvalue weighted by molar-refractivity contribution is 0.0940. The molecular formula is C34H40B2F2N8O2P2. The molecule has 2 saturated heterocycles. The Labute approximate surface area is 298 Å². The zero-order valence-electron chi connectivity index (χ0n) is 28.7. The average Bonchev–Trinajstić information content (AvgIpc) is 3.51. The number of rotatable bonds is 8. The monoisotopic (exact) mass is 714 g/mol. The molecule has 6 heterocycles. The van der Waals surface area contributed by atoms with E-state index in [1.807, 2.05) is 19.1 Å². The number of alkyl halides is 2. The SMILES string of the molecule is [B]N(P)c1cc(-c2nc3c4c(nc(OC[C@@]56CCCN5CC(C)C6)nc4c2P)N(C(C)c2cccnc2N)CCO3)c(C([B])(F)F)c(C)c1C. The van der Waals surface area contributed by atoms with Gasteiger partial charge in [0.25, 0.3) is 0 Å². The number of nitrogens with two attached hydrogens (primary N) is 1. The molecule has 3 aliphatic rings. The van der Waals surface area contributed by atoms with Crippen molar-refractivity contribution < 1.29 is 18.3 Å². The molecule has 4 aromatic rings. The summed E-state index contributed by atoms with van der Waals surface area (Å²) < 4.78 is 44.8. The maximum absolute atomic E-state index is 15.3. The molecule has 3 aromatic heterocycles. The van der Waals surface area contributed by atoms with Crippen molar-refractivity contribution in [3.05, 3.63) is 46.6 Å². The lowest BCUT2D eigenvalue weighted by Gasteiger charge is -2.32. The molecule has 0 bridgehead atoms. The maximum Gasteiger partial charge on any atom is 0.319 e. The number of nitrogens with zero attached hydrogens (tertiary/aromatic N) is 7. The van der Waals surface area contributed by atoms with E-state index in [0.717, 1.165) is 37.9 Å². The van der Waals surface area contributed by atoms with E-state index in [-0.39, 0.29) is 46.9 Å². The fraction of sp³-hybridized carbons (Fsp3) is 0.471. The third kappa shape index (κ3) is 5.95. The number of hydrogen-bond acceptors (Lipinski definition) is 10. The first-order chi connectivity index (χ1) is 23.7. The Hall–Kier alpha value is -3.33. The minimum atomic E-state index is -3.68. The second-order valence-corrected chi connectivity index (χ2v) is 15.0. The molecule has 2 N–H and O–H groups in total. The van der Waals surface area contributed by atoms with Crippen molar-refractivity contribution in [1.82, 2.24) is 24.8 Å². The highest BCUT2D eigenvalue weighted by Gasteiger charge is 2.48. The molecule has 4 radical (unpaired) electrons. The second kappa shape index (κ2) is 13.0. The summed E-state index contributed by atoms with van der Waals surface area (Å²) in [5.41, 5.74) is 8.88. The van der Waals surface area contributed by atoms with Gasteiger partial charge in [-0.3, -0.25) is 4.90 Å². The molecule has 0 aliphatic carbocycles. The Kier molecular flexibility index (Phi) is 9.14. The molecule has 1 aromatic carbocycles. The van der Waals surface area contributed by atoms with Crippen LogP contribution in [-0.4, -0.2) is 79.1 Å². The highest BCUT2D eigenvalue weighted by Crippen LogP contribution is 2.46. The van der Waals surface area contributed by atoms with Crippen LogP contribution in [0, 0.1) is 19.8 Å². The van der Waals surface area contributed by atoms with Crippen molar-refractivity contribution in [3.8, 4) is 23.1 Å². The zero-order valence-corrected chi connectivity index (χ0v) is 31.0. The van der Waals surface area contributed by atoms with Gasteiger partial charge in [0.05, 0.1) is 29.3 Å². The van der Waals surface area contributed by atoms with E-state index in [2.05, 4.69) is 40.3 Å². The van der Waals surface area contributed by atoms with Gasteiger partial charge >= 0.3 is 6.01 Å². The zero-order chi connectivity index (χ0) is 35.7. The van der Waals surface area contributed by atoms with Crippen LogP contribution in [0.1, 0.15) is 61.4 Å². The number of aromatic nitrogens is 4. The van der Waals surface area contributed by atoms with Gasteiger partial charge in [0.1, 0.15) is 30.2 Å². The largest absolute Gasteiger partial charge is 0.475 e. The lowest BCUT2D eigenvalue weighted by Crippen LogP contribution is -2.43. The molecule has 0 saturated carbocycles. The molecule has 4 unspecified atom stereocenters. The van der Waals surface area contributed by atoms with Gasteiger partial charge in [0, 0.05) is 40.4 Å². The molecule has 5 atom stereocenters. The van der Waals surface area contributed by atoms with E-state index in [9.17, 15) is 0 Å². The Bertz CT molecular complexity index is 1990. The first-order valence-corrected chi connectivity index (χ1v) is 17.9. The van der Waals surface area contributed by atoms with E-state index in [1.54, 1.807) is 26.1 Å². The van der Waals surface area contributed by atoms with E-state index >= 15 is 8.78 Å². The fourth-order valence-corrected chi connectivity index (χ4v) is 8.91. The first kappa shape index (κ1) is 35.1. The van der Waals surface area contributed by atoms with Crippen LogP contribution in [0.4, 0.5) is 26.1 Å². The summed E-state index contributed by atoms with van der Waals surface area (Å²) in [5, 5.41) is 0.989. The molecular weight excluding hydrogens is 674 g/mol. The van der Waals surface area contributed by atoms with E-state index in [1.165, 1.54) is 4.58 Å². The molecule has 7 rings (SSSR count). The normalized spacial score (nSPS) is 21.2. The predicted octanol–water partition coefficient (Wildman–Crippen LogP) is 4.90. The van der Waals surface area contributed by atoms with Crippen LogP contribution in [-0.2, 0) is 5.82 Å². The molecule has 10 nitrogen and oxygen atoms in total. The van der Waals surface area contributed by atoms with Gasteiger partial charge in [-0.05, 0) is 75.8 Å². The van der Waals surface area contributed by atoms with Crippen LogP contribution in [0.3, 0.4) is 0 Å². The van der Waals surface area contributed by atoms with Crippen LogP contribution < -0.4 is 30.0 Å². The molecule has 0 spiro atoms. The molecule has 2 fully saturated rings. The van der Waals surface area contributed by atoms with E-state index in [4.69, 9.17) is 46.0 Å². The number of nitrogen functional groups attached to an aromatic ring is 1. The van der Waals surface area contributed by atoms with Crippen LogP contribution in [0.2, 0.25) is 0 Å². The first-order valence-electron chi connectivity index (χ1n) is 16.8. The Morgan fingerprint density at radius 3 is 2.74 bits per heavy atom. The van der Waals surface area contributed by atoms with E-state index < -0.39 is 5.82 Å². The summed E-state index contributed by atoms with van der Waals surface area (Å²) >= 11 is 0. The van der Waals surface area contributed by atoms with Crippen molar-refractivity contribution in [2.45, 2.75) is 64.4 Å². The van der Waals surface area contributed by atoms with Gasteiger partial charge in [-0.2, -0.15) is 9.97 Å². The standard InChI is InChI=1S/C34H40B2F2N8O2P2/c1-17-14-33(8-6-10-44(33)15-17)16-48-32-42-27-24-30(43-32)45(20(4)21-7-5-9-40-29(21)39)11-12-47-31(24)41-26(28(27)49)22-13-23(46(36)50)18(2)19(3)25(22)34(35,37)38/h5,7,9,13,17,20H,6,8,10-12,14-16,49-50H2,1-4H3,(H2,39,40)/t17?,20?,33-/m0/s1. The molecule has 0 amide bonds. The summed E-state index contributed by atoms with van der Waals surface area (Å²) in [6.07, 6.45) is 4.85. The number of anilines is 3. The predicted molar refractivity (Wildman–Crippen MR) is 202 cm³/mol. The Morgan fingerprint density at radius 2 is 2.02 bits per heavy atom. The summed E-state index contributed by atoms with van der Waals surface area (Å²) in [6.45, 7) is 10.8.